The van der Waals surface area contributed by atoms with E-state index in [1.165, 1.54) is 32.1 Å². The normalized spacial score (nSPS) is 61.5. The smallest absolute Gasteiger partial charge is 0.0619 e. The zero-order chi connectivity index (χ0) is 8.47. The summed E-state index contributed by atoms with van der Waals surface area (Å²) in [5.74, 6) is 1.80. The van der Waals surface area contributed by atoms with Gasteiger partial charge in [0.15, 0.2) is 0 Å². The average Bonchev–Trinajstić information content (AvgIpc) is 2.56. The average molecular weight is 176 g/mol. The fraction of sp³-hybridized carbons (Fsp3) is 0.833. The molecule has 1 nitrogen and oxygen atoms in total. The molecule has 0 amide bonds. The van der Waals surface area contributed by atoms with E-state index in [0.29, 0.717) is 17.6 Å². The van der Waals surface area contributed by atoms with Crippen LogP contribution in [0.2, 0.25) is 0 Å². The molecule has 0 unspecified atom stereocenters. The Balaban J connectivity index is 1.85. The lowest BCUT2D eigenvalue weighted by molar-refractivity contribution is -0.0758. The third-order valence-corrected chi connectivity index (χ3v) is 4.92. The standard InChI is InChI=1S/C12H16O/c1-2-4-12-6-8-5-10(9(12)3-1)13-11(8)7-12/h2,4,8-11H,1,3,5-7H2/t8-,9-,10+,11+,12+/m1/s1. The van der Waals surface area contributed by atoms with Gasteiger partial charge in [0.05, 0.1) is 12.2 Å². The van der Waals surface area contributed by atoms with E-state index in [2.05, 4.69) is 12.2 Å². The van der Waals surface area contributed by atoms with Gasteiger partial charge in [-0.15, -0.1) is 0 Å². The summed E-state index contributed by atoms with van der Waals surface area (Å²) in [6.07, 6.45) is 13.1. The molecule has 2 saturated carbocycles. The maximum absolute atomic E-state index is 6.08. The Morgan fingerprint density at radius 1 is 1.23 bits per heavy atom. The van der Waals surface area contributed by atoms with Gasteiger partial charge >= 0.3 is 0 Å². The van der Waals surface area contributed by atoms with E-state index >= 15 is 0 Å². The van der Waals surface area contributed by atoms with Gasteiger partial charge in [0.2, 0.25) is 0 Å². The van der Waals surface area contributed by atoms with Gasteiger partial charge in [-0.05, 0) is 49.4 Å². The summed E-state index contributed by atoms with van der Waals surface area (Å²) in [5, 5.41) is 0. The van der Waals surface area contributed by atoms with Gasteiger partial charge in [-0.1, -0.05) is 12.2 Å². The lowest BCUT2D eigenvalue weighted by Gasteiger charge is -2.46. The van der Waals surface area contributed by atoms with E-state index in [1.807, 2.05) is 0 Å². The van der Waals surface area contributed by atoms with Gasteiger partial charge in [-0.25, -0.2) is 0 Å². The van der Waals surface area contributed by atoms with Crippen molar-refractivity contribution < 1.29 is 4.74 Å². The highest BCUT2D eigenvalue weighted by molar-refractivity contribution is 5.20. The Hall–Kier alpha value is -0.300. The minimum Gasteiger partial charge on any atom is -0.374 e. The largest absolute Gasteiger partial charge is 0.374 e. The minimum atomic E-state index is 0.606. The lowest BCUT2D eigenvalue weighted by Crippen LogP contribution is -2.42. The van der Waals surface area contributed by atoms with Crippen molar-refractivity contribution in [2.45, 2.75) is 44.3 Å². The third kappa shape index (κ3) is 0.698. The van der Waals surface area contributed by atoms with Crippen molar-refractivity contribution in [3.63, 3.8) is 0 Å². The first-order valence-corrected chi connectivity index (χ1v) is 5.71. The first-order chi connectivity index (χ1) is 6.37. The summed E-state index contributed by atoms with van der Waals surface area (Å²) in [6, 6.07) is 0. The first-order valence-electron chi connectivity index (χ1n) is 5.71. The third-order valence-electron chi connectivity index (χ3n) is 4.92. The number of hydrogen-bond acceptors (Lipinski definition) is 1. The van der Waals surface area contributed by atoms with Gasteiger partial charge < -0.3 is 4.74 Å². The van der Waals surface area contributed by atoms with Gasteiger partial charge in [0.1, 0.15) is 0 Å². The van der Waals surface area contributed by atoms with Crippen LogP contribution in [0.1, 0.15) is 32.1 Å². The molecule has 5 atom stereocenters. The van der Waals surface area contributed by atoms with E-state index in [0.717, 1.165) is 11.8 Å². The second kappa shape index (κ2) is 2.03. The second-order valence-corrected chi connectivity index (χ2v) is 5.44. The monoisotopic (exact) mass is 176 g/mol. The second-order valence-electron chi connectivity index (χ2n) is 5.44. The number of allylic oxidation sites excluding steroid dienone is 2. The molecular formula is C12H16O. The summed E-state index contributed by atoms with van der Waals surface area (Å²) in [5.41, 5.74) is 0.606. The molecule has 0 aromatic carbocycles. The zero-order valence-corrected chi connectivity index (χ0v) is 7.91. The first kappa shape index (κ1) is 7.05. The molecular weight excluding hydrogens is 160 g/mol. The molecule has 1 spiro atoms. The SMILES string of the molecule is C1=C[C@]23C[C@H]4C[C@H](O[C@H]4C2)[C@H]3CC1. The number of rotatable bonds is 0. The van der Waals surface area contributed by atoms with Crippen molar-refractivity contribution in [1.82, 2.24) is 0 Å². The minimum absolute atomic E-state index is 0.606. The number of hydrogen-bond donors (Lipinski definition) is 0. The molecule has 0 radical (unpaired) electrons. The van der Waals surface area contributed by atoms with Crippen LogP contribution in [0.15, 0.2) is 12.2 Å². The van der Waals surface area contributed by atoms with Crippen LogP contribution in [-0.4, -0.2) is 12.2 Å². The molecule has 0 N–H and O–H groups in total. The molecule has 4 bridgehead atoms. The van der Waals surface area contributed by atoms with Gasteiger partial charge in [0, 0.05) is 0 Å². The molecule has 5 aliphatic rings. The van der Waals surface area contributed by atoms with Crippen LogP contribution in [0.4, 0.5) is 0 Å². The molecule has 3 aliphatic carbocycles. The highest BCUT2D eigenvalue weighted by atomic mass is 16.5. The Morgan fingerprint density at radius 2 is 2.23 bits per heavy atom. The summed E-state index contributed by atoms with van der Waals surface area (Å²) < 4.78 is 6.08. The summed E-state index contributed by atoms with van der Waals surface area (Å²) in [4.78, 5) is 0. The highest BCUT2D eigenvalue weighted by Crippen LogP contribution is 2.64. The van der Waals surface area contributed by atoms with Crippen LogP contribution < -0.4 is 0 Å². The van der Waals surface area contributed by atoms with Crippen molar-refractivity contribution in [3.05, 3.63) is 12.2 Å². The van der Waals surface area contributed by atoms with E-state index in [4.69, 9.17) is 4.74 Å². The predicted octanol–water partition coefficient (Wildman–Crippen LogP) is 2.52. The summed E-state index contributed by atoms with van der Waals surface area (Å²) in [7, 11) is 0. The van der Waals surface area contributed by atoms with Crippen molar-refractivity contribution >= 4 is 0 Å². The zero-order valence-electron chi connectivity index (χ0n) is 7.91. The van der Waals surface area contributed by atoms with Gasteiger partial charge in [-0.3, -0.25) is 0 Å². The van der Waals surface area contributed by atoms with Crippen LogP contribution in [0.5, 0.6) is 0 Å². The van der Waals surface area contributed by atoms with Crippen LogP contribution in [0.3, 0.4) is 0 Å². The Labute approximate surface area is 79.2 Å². The van der Waals surface area contributed by atoms with Crippen molar-refractivity contribution in [2.75, 3.05) is 0 Å². The maximum atomic E-state index is 6.08. The maximum Gasteiger partial charge on any atom is 0.0619 e. The lowest BCUT2D eigenvalue weighted by atomic mass is 9.62. The van der Waals surface area contributed by atoms with Crippen molar-refractivity contribution in [1.29, 1.82) is 0 Å². The van der Waals surface area contributed by atoms with E-state index in [-0.39, 0.29) is 0 Å². The Morgan fingerprint density at radius 3 is 3.15 bits per heavy atom. The predicted molar refractivity (Wildman–Crippen MR) is 50.3 cm³/mol. The van der Waals surface area contributed by atoms with E-state index < -0.39 is 0 Å². The van der Waals surface area contributed by atoms with E-state index in [9.17, 15) is 0 Å². The fourth-order valence-electron chi connectivity index (χ4n) is 4.48. The van der Waals surface area contributed by atoms with Crippen LogP contribution in [0, 0.1) is 17.3 Å². The molecule has 70 valence electrons. The van der Waals surface area contributed by atoms with Crippen LogP contribution >= 0.6 is 0 Å². The molecule has 4 fully saturated rings. The molecule has 2 heterocycles. The van der Waals surface area contributed by atoms with Crippen molar-refractivity contribution in [3.8, 4) is 0 Å². The summed E-state index contributed by atoms with van der Waals surface area (Å²) in [6.45, 7) is 0. The molecule has 0 aromatic rings. The van der Waals surface area contributed by atoms with Crippen molar-refractivity contribution in [2.24, 2.45) is 17.3 Å². The molecule has 13 heavy (non-hydrogen) atoms. The molecule has 2 saturated heterocycles. The highest BCUT2D eigenvalue weighted by Gasteiger charge is 2.61. The summed E-state index contributed by atoms with van der Waals surface area (Å²) >= 11 is 0. The molecule has 1 heteroatoms. The topological polar surface area (TPSA) is 9.23 Å². The molecule has 0 aromatic heterocycles. The quantitative estimate of drug-likeness (QED) is 0.515. The van der Waals surface area contributed by atoms with Crippen LogP contribution in [-0.2, 0) is 4.74 Å². The number of ether oxygens (including phenoxy) is 1. The molecule has 2 aliphatic heterocycles. The van der Waals surface area contributed by atoms with E-state index in [1.54, 1.807) is 0 Å². The van der Waals surface area contributed by atoms with Gasteiger partial charge in [0.25, 0.3) is 0 Å². The fourth-order valence-corrected chi connectivity index (χ4v) is 4.48. The molecule has 5 rings (SSSR count). The Kier molecular flexibility index (Phi) is 1.10. The van der Waals surface area contributed by atoms with Crippen LogP contribution in [0.25, 0.3) is 0 Å². The van der Waals surface area contributed by atoms with Gasteiger partial charge in [-0.2, -0.15) is 0 Å². The Bertz CT molecular complexity index is 267.